The molecule has 5 heteroatoms. The molecule has 0 amide bonds. The summed E-state index contributed by atoms with van der Waals surface area (Å²) in [6.45, 7) is 6.69. The lowest BCUT2D eigenvalue weighted by Crippen LogP contribution is -2.39. The number of hydrogen-bond donors (Lipinski definition) is 2. The molecule has 1 aromatic heterocycles. The highest BCUT2D eigenvalue weighted by Crippen LogP contribution is 2.24. The Morgan fingerprint density at radius 3 is 2.59 bits per heavy atom. The number of aromatic nitrogens is 1. The van der Waals surface area contributed by atoms with Gasteiger partial charge in [0.05, 0.1) is 18.4 Å². The molecule has 3 N–H and O–H groups in total. The molecule has 17 heavy (non-hydrogen) atoms. The van der Waals surface area contributed by atoms with E-state index < -0.39 is 5.60 Å². The van der Waals surface area contributed by atoms with Crippen molar-refractivity contribution < 1.29 is 9.84 Å². The number of nitrogen functional groups attached to an aromatic ring is 1. The van der Waals surface area contributed by atoms with Crippen molar-refractivity contribution in [2.45, 2.75) is 26.4 Å². The van der Waals surface area contributed by atoms with Gasteiger partial charge in [-0.2, -0.15) is 4.98 Å². The average molecular weight is 239 g/mol. The largest absolute Gasteiger partial charge is 0.481 e. The molecule has 0 saturated carbocycles. The van der Waals surface area contributed by atoms with Gasteiger partial charge in [0.15, 0.2) is 5.82 Å². The van der Waals surface area contributed by atoms with Crippen LogP contribution in [0.25, 0.3) is 0 Å². The molecule has 5 nitrogen and oxygen atoms in total. The summed E-state index contributed by atoms with van der Waals surface area (Å²) < 4.78 is 5.08. The van der Waals surface area contributed by atoms with Gasteiger partial charge in [-0.25, -0.2) is 0 Å². The smallest absolute Gasteiger partial charge is 0.215 e. The molecule has 0 fully saturated rings. The maximum atomic E-state index is 9.86. The van der Waals surface area contributed by atoms with Gasteiger partial charge in [0, 0.05) is 19.2 Å². The lowest BCUT2D eigenvalue weighted by molar-refractivity contribution is 0.0874. The van der Waals surface area contributed by atoms with Crippen LogP contribution in [0.5, 0.6) is 5.88 Å². The predicted octanol–water partition coefficient (Wildman–Crippen LogP) is 1.27. The summed E-state index contributed by atoms with van der Waals surface area (Å²) in [6, 6.07) is 3.48. The van der Waals surface area contributed by atoms with Gasteiger partial charge in [-0.1, -0.05) is 0 Å². The van der Waals surface area contributed by atoms with Gasteiger partial charge in [0.1, 0.15) is 0 Å². The summed E-state index contributed by atoms with van der Waals surface area (Å²) in [5, 5.41) is 9.86. The minimum Gasteiger partial charge on any atom is -0.481 e. The second-order valence-electron chi connectivity index (χ2n) is 4.59. The molecule has 1 heterocycles. The van der Waals surface area contributed by atoms with Crippen LogP contribution in [0, 0.1) is 0 Å². The zero-order valence-corrected chi connectivity index (χ0v) is 10.9. The Labute approximate surface area is 102 Å². The Hall–Kier alpha value is -1.49. The summed E-state index contributed by atoms with van der Waals surface area (Å²) >= 11 is 0. The number of rotatable bonds is 5. The van der Waals surface area contributed by atoms with Crippen molar-refractivity contribution in [1.82, 2.24) is 4.98 Å². The van der Waals surface area contributed by atoms with Crippen LogP contribution in [0.1, 0.15) is 20.8 Å². The van der Waals surface area contributed by atoms with Crippen LogP contribution in [0.2, 0.25) is 0 Å². The first-order valence-electron chi connectivity index (χ1n) is 5.65. The Kier molecular flexibility index (Phi) is 4.17. The third-order valence-corrected chi connectivity index (χ3v) is 2.35. The van der Waals surface area contributed by atoms with E-state index in [0.29, 0.717) is 30.5 Å². The number of ether oxygens (including phenoxy) is 1. The zero-order chi connectivity index (χ0) is 13.1. The number of pyridine rings is 1. The van der Waals surface area contributed by atoms with Crippen molar-refractivity contribution in [2.24, 2.45) is 0 Å². The van der Waals surface area contributed by atoms with Crippen molar-refractivity contribution in [3.05, 3.63) is 12.1 Å². The lowest BCUT2D eigenvalue weighted by Gasteiger charge is -2.29. The standard InChI is InChI=1S/C12H21N3O2/c1-5-15(8-12(2,3)16)11-9(13)6-7-10(14-11)17-4/h6-7,16H,5,8,13H2,1-4H3. The second kappa shape index (κ2) is 5.23. The normalized spacial score (nSPS) is 11.4. The number of aliphatic hydroxyl groups is 1. The van der Waals surface area contributed by atoms with E-state index in [4.69, 9.17) is 10.5 Å². The predicted molar refractivity (Wildman–Crippen MR) is 69.4 cm³/mol. The molecule has 0 aliphatic heterocycles. The maximum Gasteiger partial charge on any atom is 0.215 e. The van der Waals surface area contributed by atoms with Crippen LogP contribution < -0.4 is 15.4 Å². The van der Waals surface area contributed by atoms with E-state index in [1.165, 1.54) is 0 Å². The fourth-order valence-corrected chi connectivity index (χ4v) is 1.61. The average Bonchev–Trinajstić information content (AvgIpc) is 2.25. The van der Waals surface area contributed by atoms with Gasteiger partial charge in [-0.15, -0.1) is 0 Å². The number of nitrogens with zero attached hydrogens (tertiary/aromatic N) is 2. The van der Waals surface area contributed by atoms with Crippen LogP contribution in [-0.4, -0.2) is 35.9 Å². The fraction of sp³-hybridized carbons (Fsp3) is 0.583. The molecule has 0 unspecified atom stereocenters. The lowest BCUT2D eigenvalue weighted by atomic mass is 10.1. The molecule has 96 valence electrons. The molecule has 0 spiro atoms. The number of nitrogens with two attached hydrogens (primary N) is 1. The van der Waals surface area contributed by atoms with Crippen LogP contribution in [-0.2, 0) is 0 Å². The molecule has 0 atom stereocenters. The number of likely N-dealkylation sites (N-methyl/N-ethyl adjacent to an activating group) is 1. The van der Waals surface area contributed by atoms with Crippen molar-refractivity contribution in [2.75, 3.05) is 30.8 Å². The van der Waals surface area contributed by atoms with E-state index in [-0.39, 0.29) is 0 Å². The summed E-state index contributed by atoms with van der Waals surface area (Å²) in [4.78, 5) is 6.24. The van der Waals surface area contributed by atoms with Gasteiger partial charge in [0.25, 0.3) is 0 Å². The van der Waals surface area contributed by atoms with Crippen LogP contribution >= 0.6 is 0 Å². The Morgan fingerprint density at radius 1 is 1.47 bits per heavy atom. The van der Waals surface area contributed by atoms with Crippen molar-refractivity contribution in [3.63, 3.8) is 0 Å². The van der Waals surface area contributed by atoms with Crippen molar-refractivity contribution in [1.29, 1.82) is 0 Å². The third-order valence-electron chi connectivity index (χ3n) is 2.35. The Bertz CT molecular complexity index is 375. The number of hydrogen-bond acceptors (Lipinski definition) is 5. The molecule has 0 aliphatic rings. The van der Waals surface area contributed by atoms with Gasteiger partial charge >= 0.3 is 0 Å². The van der Waals surface area contributed by atoms with Crippen LogP contribution in [0.15, 0.2) is 12.1 Å². The Morgan fingerprint density at radius 2 is 2.12 bits per heavy atom. The fourth-order valence-electron chi connectivity index (χ4n) is 1.61. The van der Waals surface area contributed by atoms with Crippen molar-refractivity contribution in [3.8, 4) is 5.88 Å². The highest BCUT2D eigenvalue weighted by atomic mass is 16.5. The Balaban J connectivity index is 3.02. The van der Waals surface area contributed by atoms with E-state index in [9.17, 15) is 5.11 Å². The molecule has 0 radical (unpaired) electrons. The van der Waals surface area contributed by atoms with E-state index in [1.54, 1.807) is 33.1 Å². The third kappa shape index (κ3) is 3.78. The first-order valence-corrected chi connectivity index (χ1v) is 5.65. The monoisotopic (exact) mass is 239 g/mol. The van der Waals surface area contributed by atoms with E-state index in [0.717, 1.165) is 0 Å². The second-order valence-corrected chi connectivity index (χ2v) is 4.59. The number of anilines is 2. The molecule has 0 aromatic carbocycles. The maximum absolute atomic E-state index is 9.86. The molecule has 0 aliphatic carbocycles. The summed E-state index contributed by atoms with van der Waals surface area (Å²) in [5.74, 6) is 1.16. The zero-order valence-electron chi connectivity index (χ0n) is 10.9. The van der Waals surface area contributed by atoms with Crippen LogP contribution in [0.4, 0.5) is 11.5 Å². The van der Waals surface area contributed by atoms with Gasteiger partial charge in [-0.3, -0.25) is 0 Å². The minimum absolute atomic E-state index is 0.466. The topological polar surface area (TPSA) is 71.6 Å². The first-order chi connectivity index (χ1) is 7.87. The quantitative estimate of drug-likeness (QED) is 0.809. The van der Waals surface area contributed by atoms with Gasteiger partial charge in [0.2, 0.25) is 5.88 Å². The van der Waals surface area contributed by atoms with Crippen molar-refractivity contribution >= 4 is 11.5 Å². The van der Waals surface area contributed by atoms with Gasteiger partial charge in [-0.05, 0) is 26.8 Å². The molecule has 0 saturated heterocycles. The summed E-state index contributed by atoms with van der Waals surface area (Å²) in [5.41, 5.74) is 5.68. The molecule has 1 aromatic rings. The molecule has 0 bridgehead atoms. The SMILES string of the molecule is CCN(CC(C)(C)O)c1nc(OC)ccc1N. The molecule has 1 rings (SSSR count). The van der Waals surface area contributed by atoms with Gasteiger partial charge < -0.3 is 20.5 Å². The summed E-state index contributed by atoms with van der Waals surface area (Å²) in [6.07, 6.45) is 0. The number of methoxy groups -OCH3 is 1. The van der Waals surface area contributed by atoms with E-state index in [1.807, 2.05) is 11.8 Å². The molecular weight excluding hydrogens is 218 g/mol. The highest BCUT2D eigenvalue weighted by Gasteiger charge is 2.20. The highest BCUT2D eigenvalue weighted by molar-refractivity contribution is 5.63. The minimum atomic E-state index is -0.798. The first kappa shape index (κ1) is 13.6. The van der Waals surface area contributed by atoms with E-state index in [2.05, 4.69) is 4.98 Å². The van der Waals surface area contributed by atoms with Crippen LogP contribution in [0.3, 0.4) is 0 Å². The molecular formula is C12H21N3O2. The van der Waals surface area contributed by atoms with E-state index >= 15 is 0 Å². The summed E-state index contributed by atoms with van der Waals surface area (Å²) in [7, 11) is 1.56.